The molecule has 0 saturated carbocycles. The van der Waals surface area contributed by atoms with Crippen molar-refractivity contribution in [3.05, 3.63) is 11.1 Å². The molecule has 2 atom stereocenters. The standard InChI is InChI=1S/C11H16N4O3S.2ClH/c1-6(16)14-11-15-8(5-19-11)10(18)13-3-7-2-12-4-9(7)17;;/h5,7,9,12,17H,2-4H2,1H3,(H,13,18)(H,14,15,16);2*1H. The lowest BCUT2D eigenvalue weighted by Crippen LogP contribution is -2.34. The van der Waals surface area contributed by atoms with Gasteiger partial charge in [-0.25, -0.2) is 4.98 Å². The Kier molecular flexibility index (Phi) is 8.76. The molecule has 21 heavy (non-hydrogen) atoms. The van der Waals surface area contributed by atoms with Gasteiger partial charge in [-0.1, -0.05) is 0 Å². The van der Waals surface area contributed by atoms with Crippen molar-refractivity contribution >= 4 is 53.1 Å². The largest absolute Gasteiger partial charge is 0.391 e. The first kappa shape index (κ1) is 20.1. The van der Waals surface area contributed by atoms with Crippen LogP contribution in [0.15, 0.2) is 5.38 Å². The van der Waals surface area contributed by atoms with Gasteiger partial charge in [-0.15, -0.1) is 36.2 Å². The van der Waals surface area contributed by atoms with Crippen LogP contribution in [0.3, 0.4) is 0 Å². The minimum atomic E-state index is -0.425. The Morgan fingerprint density at radius 2 is 2.19 bits per heavy atom. The average molecular weight is 357 g/mol. The highest BCUT2D eigenvalue weighted by Crippen LogP contribution is 2.15. The third kappa shape index (κ3) is 5.76. The third-order valence-corrected chi connectivity index (χ3v) is 3.61. The van der Waals surface area contributed by atoms with E-state index in [0.717, 1.165) is 0 Å². The van der Waals surface area contributed by atoms with E-state index in [0.29, 0.717) is 24.8 Å². The lowest BCUT2D eigenvalue weighted by molar-refractivity contribution is -0.114. The zero-order valence-corrected chi connectivity index (χ0v) is 13.7. The van der Waals surface area contributed by atoms with Crippen LogP contribution < -0.4 is 16.0 Å². The number of thiazole rings is 1. The molecule has 10 heteroatoms. The molecule has 2 heterocycles. The van der Waals surface area contributed by atoms with Crippen LogP contribution in [0.25, 0.3) is 0 Å². The molecule has 7 nitrogen and oxygen atoms in total. The summed E-state index contributed by atoms with van der Waals surface area (Å²) in [6.07, 6.45) is -0.425. The lowest BCUT2D eigenvalue weighted by Gasteiger charge is -2.13. The van der Waals surface area contributed by atoms with Gasteiger partial charge in [0.15, 0.2) is 5.13 Å². The number of hydrogen-bond acceptors (Lipinski definition) is 6. The summed E-state index contributed by atoms with van der Waals surface area (Å²) in [5.41, 5.74) is 0.272. The van der Waals surface area contributed by atoms with Gasteiger partial charge in [0.1, 0.15) is 5.69 Å². The fourth-order valence-corrected chi connectivity index (χ4v) is 2.56. The molecule has 0 aromatic carbocycles. The number of hydrogen-bond donors (Lipinski definition) is 4. The van der Waals surface area contributed by atoms with Gasteiger partial charge in [-0.2, -0.15) is 0 Å². The number of aliphatic hydroxyl groups excluding tert-OH is 1. The normalized spacial score (nSPS) is 20.1. The van der Waals surface area contributed by atoms with Gasteiger partial charge in [0, 0.05) is 37.9 Å². The molecule has 4 N–H and O–H groups in total. The zero-order chi connectivity index (χ0) is 13.8. The van der Waals surface area contributed by atoms with Crippen molar-refractivity contribution in [1.82, 2.24) is 15.6 Å². The molecular formula is C11H18Cl2N4O3S. The fourth-order valence-electron chi connectivity index (χ4n) is 1.83. The number of halogens is 2. The SMILES string of the molecule is CC(=O)Nc1nc(C(=O)NCC2CNCC2O)cs1.Cl.Cl. The van der Waals surface area contributed by atoms with Gasteiger partial charge in [0.05, 0.1) is 6.10 Å². The number of nitrogens with one attached hydrogen (secondary N) is 3. The summed E-state index contributed by atoms with van der Waals surface area (Å²) in [5, 5.41) is 19.9. The topological polar surface area (TPSA) is 103 Å². The van der Waals surface area contributed by atoms with Crippen molar-refractivity contribution in [1.29, 1.82) is 0 Å². The molecule has 0 radical (unpaired) electrons. The van der Waals surface area contributed by atoms with Crippen molar-refractivity contribution in [2.45, 2.75) is 13.0 Å². The van der Waals surface area contributed by atoms with E-state index in [1.807, 2.05) is 0 Å². The number of amides is 2. The Morgan fingerprint density at radius 3 is 2.76 bits per heavy atom. The van der Waals surface area contributed by atoms with Gasteiger partial charge in [0.2, 0.25) is 5.91 Å². The second-order valence-electron chi connectivity index (χ2n) is 4.41. The summed E-state index contributed by atoms with van der Waals surface area (Å²) in [6, 6.07) is 0. The Morgan fingerprint density at radius 1 is 1.48 bits per heavy atom. The molecule has 1 saturated heterocycles. The predicted molar refractivity (Wildman–Crippen MR) is 85.6 cm³/mol. The maximum Gasteiger partial charge on any atom is 0.270 e. The summed E-state index contributed by atoms with van der Waals surface area (Å²) in [4.78, 5) is 26.7. The van der Waals surface area contributed by atoms with Gasteiger partial charge >= 0.3 is 0 Å². The minimum Gasteiger partial charge on any atom is -0.391 e. The number of β-amino-alcohol motifs (C(OH)–C–C–N with tert-alkyl or cyclic N) is 1. The molecule has 2 rings (SSSR count). The molecule has 0 aliphatic carbocycles. The van der Waals surface area contributed by atoms with E-state index >= 15 is 0 Å². The third-order valence-electron chi connectivity index (χ3n) is 2.85. The van der Waals surface area contributed by atoms with E-state index in [-0.39, 0.29) is 48.2 Å². The highest BCUT2D eigenvalue weighted by molar-refractivity contribution is 7.14. The summed E-state index contributed by atoms with van der Waals surface area (Å²) in [6.45, 7) is 3.04. The molecule has 2 unspecified atom stereocenters. The molecule has 0 bridgehead atoms. The fraction of sp³-hybridized carbons (Fsp3) is 0.545. The predicted octanol–water partition coefficient (Wildman–Crippen LogP) is 0.255. The van der Waals surface area contributed by atoms with Gasteiger partial charge in [-0.3, -0.25) is 9.59 Å². The quantitative estimate of drug-likeness (QED) is 0.619. The van der Waals surface area contributed by atoms with Gasteiger partial charge in [-0.05, 0) is 0 Å². The van der Waals surface area contributed by atoms with E-state index in [1.165, 1.54) is 18.3 Å². The molecule has 120 valence electrons. The van der Waals surface area contributed by atoms with E-state index < -0.39 is 6.10 Å². The molecular weight excluding hydrogens is 339 g/mol. The van der Waals surface area contributed by atoms with E-state index in [4.69, 9.17) is 0 Å². The van der Waals surface area contributed by atoms with Crippen LogP contribution in [0, 0.1) is 5.92 Å². The zero-order valence-electron chi connectivity index (χ0n) is 11.3. The van der Waals surface area contributed by atoms with Gasteiger partial charge in [0.25, 0.3) is 5.91 Å². The summed E-state index contributed by atoms with van der Waals surface area (Å²) in [7, 11) is 0. The maximum atomic E-state index is 11.8. The monoisotopic (exact) mass is 356 g/mol. The molecule has 1 aliphatic rings. The van der Waals surface area contributed by atoms with Crippen LogP contribution in [0.1, 0.15) is 17.4 Å². The van der Waals surface area contributed by atoms with E-state index in [9.17, 15) is 14.7 Å². The van der Waals surface area contributed by atoms with Crippen molar-refractivity contribution in [3.8, 4) is 0 Å². The first-order valence-electron chi connectivity index (χ1n) is 5.96. The van der Waals surface area contributed by atoms with Crippen LogP contribution in [-0.4, -0.2) is 47.6 Å². The molecule has 0 spiro atoms. The summed E-state index contributed by atoms with van der Waals surface area (Å²) in [5.74, 6) is -0.495. The first-order valence-corrected chi connectivity index (χ1v) is 6.84. The number of anilines is 1. The number of carbonyl (C=O) groups excluding carboxylic acids is 2. The van der Waals surface area contributed by atoms with E-state index in [2.05, 4.69) is 20.9 Å². The average Bonchev–Trinajstić information content (AvgIpc) is 2.95. The second-order valence-corrected chi connectivity index (χ2v) is 5.27. The minimum absolute atomic E-state index is 0. The number of aromatic nitrogens is 1. The van der Waals surface area contributed by atoms with Crippen LogP contribution in [-0.2, 0) is 4.79 Å². The van der Waals surface area contributed by atoms with Crippen LogP contribution in [0.4, 0.5) is 5.13 Å². The number of aliphatic hydroxyl groups is 1. The smallest absolute Gasteiger partial charge is 0.270 e. The molecule has 1 aliphatic heterocycles. The first-order chi connectivity index (χ1) is 9.06. The highest BCUT2D eigenvalue weighted by atomic mass is 35.5. The summed E-state index contributed by atoms with van der Waals surface area (Å²) < 4.78 is 0. The number of rotatable bonds is 4. The Bertz CT molecular complexity index is 486. The molecule has 2 amide bonds. The molecule has 1 aromatic rings. The Labute approximate surface area is 138 Å². The van der Waals surface area contributed by atoms with Gasteiger partial charge < -0.3 is 21.1 Å². The second kappa shape index (κ2) is 9.16. The Hall–Kier alpha value is -0.930. The molecule has 1 fully saturated rings. The van der Waals surface area contributed by atoms with Crippen LogP contribution in [0.5, 0.6) is 0 Å². The maximum absolute atomic E-state index is 11.8. The van der Waals surface area contributed by atoms with Crippen molar-refractivity contribution in [2.24, 2.45) is 5.92 Å². The Balaban J connectivity index is 0.00000200. The molecule has 1 aromatic heterocycles. The van der Waals surface area contributed by atoms with Crippen molar-refractivity contribution in [2.75, 3.05) is 25.0 Å². The summed E-state index contributed by atoms with van der Waals surface area (Å²) >= 11 is 1.20. The van der Waals surface area contributed by atoms with Crippen molar-refractivity contribution < 1.29 is 14.7 Å². The lowest BCUT2D eigenvalue weighted by atomic mass is 10.1. The van der Waals surface area contributed by atoms with Crippen molar-refractivity contribution in [3.63, 3.8) is 0 Å². The number of nitrogens with zero attached hydrogens (tertiary/aromatic N) is 1. The van der Waals surface area contributed by atoms with E-state index in [1.54, 1.807) is 5.38 Å². The van der Waals surface area contributed by atoms with Crippen LogP contribution >= 0.6 is 36.2 Å². The number of carbonyl (C=O) groups is 2. The highest BCUT2D eigenvalue weighted by Gasteiger charge is 2.25. The van der Waals surface area contributed by atoms with Crippen LogP contribution in [0.2, 0.25) is 0 Å².